The van der Waals surface area contributed by atoms with Crippen molar-refractivity contribution >= 4 is 5.91 Å². The van der Waals surface area contributed by atoms with Gasteiger partial charge in [0.2, 0.25) is 0 Å². The fourth-order valence-electron chi connectivity index (χ4n) is 2.13. The summed E-state index contributed by atoms with van der Waals surface area (Å²) in [7, 11) is 2.87. The molecular weight excluding hydrogens is 311 g/mol. The van der Waals surface area contributed by atoms with Crippen molar-refractivity contribution in [3.05, 3.63) is 46.8 Å². The van der Waals surface area contributed by atoms with E-state index >= 15 is 0 Å². The molecule has 0 unspecified atom stereocenters. The van der Waals surface area contributed by atoms with Crippen LogP contribution in [0.25, 0.3) is 0 Å². The predicted octanol–water partition coefficient (Wildman–Crippen LogP) is 2.69. The van der Waals surface area contributed by atoms with Crippen LogP contribution >= 0.6 is 0 Å². The minimum absolute atomic E-state index is 0.0850. The number of benzene rings is 1. The molecule has 0 radical (unpaired) electrons. The summed E-state index contributed by atoms with van der Waals surface area (Å²) in [5, 5.41) is 5.88. The first-order valence-electron chi connectivity index (χ1n) is 6.76. The summed E-state index contributed by atoms with van der Waals surface area (Å²) in [5.41, 5.74) is -0.767. The minimum atomic E-state index is -4.69. The summed E-state index contributed by atoms with van der Waals surface area (Å²) in [5.74, 6) is -0.212. The third kappa shape index (κ3) is 3.64. The van der Waals surface area contributed by atoms with Crippen molar-refractivity contribution in [1.82, 2.24) is 15.1 Å². The zero-order valence-electron chi connectivity index (χ0n) is 12.9. The fraction of sp³-hybridized carbons (Fsp3) is 0.333. The molecule has 0 aliphatic heterocycles. The third-order valence-corrected chi connectivity index (χ3v) is 3.42. The highest BCUT2D eigenvalue weighted by Gasteiger charge is 2.40. The lowest BCUT2D eigenvalue weighted by molar-refractivity contribution is -0.141. The fourth-order valence-corrected chi connectivity index (χ4v) is 2.13. The summed E-state index contributed by atoms with van der Waals surface area (Å²) in [6, 6.07) is 6.90. The number of hydrogen-bond donors (Lipinski definition) is 1. The van der Waals surface area contributed by atoms with Crippen LogP contribution in [0, 0.1) is 6.92 Å². The number of hydrogen-bond acceptors (Lipinski definition) is 3. The quantitative estimate of drug-likeness (QED) is 0.939. The van der Waals surface area contributed by atoms with Gasteiger partial charge >= 0.3 is 6.18 Å². The Balaban J connectivity index is 2.21. The van der Waals surface area contributed by atoms with Gasteiger partial charge in [-0.15, -0.1) is 0 Å². The highest BCUT2D eigenvalue weighted by molar-refractivity contribution is 5.96. The topological polar surface area (TPSA) is 56.1 Å². The van der Waals surface area contributed by atoms with Gasteiger partial charge in [0.25, 0.3) is 5.91 Å². The van der Waals surface area contributed by atoms with Crippen molar-refractivity contribution in [3.8, 4) is 5.75 Å². The van der Waals surface area contributed by atoms with Crippen molar-refractivity contribution < 1.29 is 22.7 Å². The maximum absolute atomic E-state index is 13.0. The highest BCUT2D eigenvalue weighted by Crippen LogP contribution is 2.32. The number of nitrogens with zero attached hydrogens (tertiary/aromatic N) is 2. The number of nitrogens with one attached hydrogen (secondary N) is 1. The average Bonchev–Trinajstić information content (AvgIpc) is 2.81. The maximum Gasteiger partial charge on any atom is 0.435 e. The van der Waals surface area contributed by atoms with Gasteiger partial charge in [0.1, 0.15) is 5.75 Å². The molecule has 8 heteroatoms. The van der Waals surface area contributed by atoms with Crippen molar-refractivity contribution in [2.45, 2.75) is 19.6 Å². The second kappa shape index (κ2) is 6.31. The first-order chi connectivity index (χ1) is 10.7. The van der Waals surface area contributed by atoms with Crippen molar-refractivity contribution in [3.63, 3.8) is 0 Å². The van der Waals surface area contributed by atoms with Crippen molar-refractivity contribution in [2.75, 3.05) is 7.11 Å². The van der Waals surface area contributed by atoms with E-state index in [-0.39, 0.29) is 12.2 Å². The lowest BCUT2D eigenvalue weighted by Gasteiger charge is -2.09. The van der Waals surface area contributed by atoms with E-state index < -0.39 is 23.3 Å². The standard InChI is InChI=1S/C15H16F3N3O2/c1-9-12(13(15(16,17)18)20-21(9)2)14(22)19-8-10-5-4-6-11(7-10)23-3/h4-7H,8H2,1-3H3,(H,19,22). The Bertz CT molecular complexity index is 723. The molecule has 5 nitrogen and oxygen atoms in total. The van der Waals surface area contributed by atoms with E-state index in [9.17, 15) is 18.0 Å². The molecule has 0 bridgehead atoms. The molecule has 1 amide bonds. The lowest BCUT2D eigenvalue weighted by Crippen LogP contribution is -2.26. The smallest absolute Gasteiger partial charge is 0.435 e. The summed E-state index contributed by atoms with van der Waals surface area (Å²) in [6.07, 6.45) is -4.69. The van der Waals surface area contributed by atoms with E-state index in [1.165, 1.54) is 21.1 Å². The van der Waals surface area contributed by atoms with Crippen LogP contribution in [0.15, 0.2) is 24.3 Å². The number of halogens is 3. The average molecular weight is 327 g/mol. The molecule has 1 N–H and O–H groups in total. The Morgan fingerprint density at radius 2 is 2.09 bits per heavy atom. The Morgan fingerprint density at radius 1 is 1.39 bits per heavy atom. The maximum atomic E-state index is 13.0. The van der Waals surface area contributed by atoms with E-state index in [0.717, 1.165) is 4.68 Å². The largest absolute Gasteiger partial charge is 0.497 e. The van der Waals surface area contributed by atoms with Crippen LogP contribution in [0.4, 0.5) is 13.2 Å². The number of carbonyl (C=O) groups is 1. The van der Waals surface area contributed by atoms with Crippen LogP contribution in [0.5, 0.6) is 5.75 Å². The second-order valence-electron chi connectivity index (χ2n) is 4.96. The molecule has 124 valence electrons. The van der Waals surface area contributed by atoms with E-state index in [4.69, 9.17) is 4.74 Å². The van der Waals surface area contributed by atoms with Gasteiger partial charge < -0.3 is 10.1 Å². The molecule has 1 heterocycles. The normalized spacial score (nSPS) is 11.4. The molecule has 2 aromatic rings. The van der Waals surface area contributed by atoms with Gasteiger partial charge in [-0.2, -0.15) is 18.3 Å². The van der Waals surface area contributed by atoms with Gasteiger partial charge in [-0.1, -0.05) is 12.1 Å². The number of aryl methyl sites for hydroxylation is 1. The van der Waals surface area contributed by atoms with Crippen LogP contribution in [0.3, 0.4) is 0 Å². The third-order valence-electron chi connectivity index (χ3n) is 3.42. The van der Waals surface area contributed by atoms with Crippen LogP contribution in [-0.4, -0.2) is 22.8 Å². The zero-order valence-corrected chi connectivity index (χ0v) is 12.9. The SMILES string of the molecule is COc1cccc(CNC(=O)c2c(C(F)(F)F)nn(C)c2C)c1. The highest BCUT2D eigenvalue weighted by atomic mass is 19.4. The first-order valence-corrected chi connectivity index (χ1v) is 6.76. The molecule has 1 aromatic heterocycles. The predicted molar refractivity (Wildman–Crippen MR) is 77.1 cm³/mol. The zero-order chi connectivity index (χ0) is 17.2. The summed E-state index contributed by atoms with van der Waals surface area (Å²) >= 11 is 0. The Hall–Kier alpha value is -2.51. The number of amides is 1. The number of carbonyl (C=O) groups excluding carboxylic acids is 1. The van der Waals surface area contributed by atoms with Gasteiger partial charge in [0, 0.05) is 19.3 Å². The van der Waals surface area contributed by atoms with Crippen LogP contribution < -0.4 is 10.1 Å². The monoisotopic (exact) mass is 327 g/mol. The van der Waals surface area contributed by atoms with Crippen molar-refractivity contribution in [1.29, 1.82) is 0 Å². The number of methoxy groups -OCH3 is 1. The molecule has 1 aromatic carbocycles. The number of alkyl halides is 3. The summed E-state index contributed by atoms with van der Waals surface area (Å²) < 4.78 is 45.1. The van der Waals surface area contributed by atoms with E-state index in [1.807, 2.05) is 0 Å². The van der Waals surface area contributed by atoms with Gasteiger partial charge in [-0.25, -0.2) is 0 Å². The molecular formula is C15H16F3N3O2. The van der Waals surface area contributed by atoms with Gasteiger partial charge in [-0.3, -0.25) is 9.48 Å². The van der Waals surface area contributed by atoms with Crippen molar-refractivity contribution in [2.24, 2.45) is 7.05 Å². The summed E-state index contributed by atoms with van der Waals surface area (Å²) in [6.45, 7) is 1.50. The molecule has 0 atom stereocenters. The molecule has 0 aliphatic carbocycles. The molecule has 0 fully saturated rings. The minimum Gasteiger partial charge on any atom is -0.497 e. The first kappa shape index (κ1) is 16.9. The Morgan fingerprint density at radius 3 is 2.70 bits per heavy atom. The van der Waals surface area contributed by atoms with E-state index in [0.29, 0.717) is 11.3 Å². The van der Waals surface area contributed by atoms with E-state index in [1.54, 1.807) is 24.3 Å². The van der Waals surface area contributed by atoms with E-state index in [2.05, 4.69) is 10.4 Å². The number of aromatic nitrogens is 2. The molecule has 0 saturated heterocycles. The van der Waals surface area contributed by atoms with Crippen LogP contribution in [-0.2, 0) is 19.8 Å². The Kier molecular flexibility index (Phi) is 4.63. The number of rotatable bonds is 4. The molecule has 0 spiro atoms. The Labute approximate surface area is 131 Å². The molecule has 0 aliphatic rings. The van der Waals surface area contributed by atoms with Gasteiger partial charge in [0.15, 0.2) is 5.69 Å². The van der Waals surface area contributed by atoms with Crippen LogP contribution in [0.2, 0.25) is 0 Å². The van der Waals surface area contributed by atoms with Gasteiger partial charge in [0.05, 0.1) is 12.7 Å². The molecule has 2 rings (SSSR count). The summed E-state index contributed by atoms with van der Waals surface area (Å²) in [4.78, 5) is 12.2. The van der Waals surface area contributed by atoms with Gasteiger partial charge in [-0.05, 0) is 24.6 Å². The molecule has 0 saturated carbocycles. The molecule has 23 heavy (non-hydrogen) atoms. The number of ether oxygens (including phenoxy) is 1. The van der Waals surface area contributed by atoms with Crippen LogP contribution in [0.1, 0.15) is 27.3 Å². The second-order valence-corrected chi connectivity index (χ2v) is 4.96. The lowest BCUT2D eigenvalue weighted by atomic mass is 10.1.